The van der Waals surface area contributed by atoms with E-state index in [9.17, 15) is 8.42 Å². The van der Waals surface area contributed by atoms with Gasteiger partial charge in [-0.15, -0.1) is 0 Å². The van der Waals surface area contributed by atoms with E-state index in [-0.39, 0.29) is 11.5 Å². The molecule has 0 aromatic heterocycles. The van der Waals surface area contributed by atoms with Crippen molar-refractivity contribution in [2.24, 2.45) is 0 Å². The second-order valence-corrected chi connectivity index (χ2v) is 6.02. The van der Waals surface area contributed by atoms with Gasteiger partial charge in [-0.05, 0) is 30.5 Å². The number of benzene rings is 1. The molecule has 1 rings (SSSR count). The molecule has 0 aliphatic rings. The van der Waals surface area contributed by atoms with Crippen LogP contribution >= 0.6 is 0 Å². The summed E-state index contributed by atoms with van der Waals surface area (Å²) in [5, 5.41) is 9.02. The van der Waals surface area contributed by atoms with Gasteiger partial charge in [-0.3, -0.25) is 0 Å². The maximum Gasteiger partial charge on any atom is 0.240 e. The highest BCUT2D eigenvalue weighted by Gasteiger charge is 2.18. The lowest BCUT2D eigenvalue weighted by Crippen LogP contribution is -2.36. The van der Waals surface area contributed by atoms with Crippen LogP contribution in [0.5, 0.6) is 0 Å². The number of aliphatic hydroxyl groups is 1. The summed E-state index contributed by atoms with van der Waals surface area (Å²) in [7, 11) is -3.53. The number of aliphatic hydroxyl groups excluding tert-OH is 1. The Morgan fingerprint density at radius 2 is 1.83 bits per heavy atom. The molecule has 0 spiro atoms. The molecule has 1 aromatic rings. The van der Waals surface area contributed by atoms with Crippen molar-refractivity contribution < 1.29 is 13.5 Å². The molecule has 4 nitrogen and oxygen atoms in total. The maximum absolute atomic E-state index is 12.0. The smallest absolute Gasteiger partial charge is 0.240 e. The predicted octanol–water partition coefficient (Wildman–Crippen LogP) is 1.69. The van der Waals surface area contributed by atoms with Crippen molar-refractivity contribution in [3.05, 3.63) is 29.8 Å². The zero-order valence-corrected chi connectivity index (χ0v) is 11.7. The molecule has 0 bridgehead atoms. The molecule has 0 heterocycles. The van der Waals surface area contributed by atoms with Gasteiger partial charge in [0, 0.05) is 6.04 Å². The molecule has 102 valence electrons. The fraction of sp³-hybridized carbons (Fsp3) is 0.538. The topological polar surface area (TPSA) is 66.4 Å². The van der Waals surface area contributed by atoms with Gasteiger partial charge in [0.05, 0.1) is 11.5 Å². The number of aryl methyl sites for hydroxylation is 1. The van der Waals surface area contributed by atoms with Gasteiger partial charge in [-0.2, -0.15) is 0 Å². The van der Waals surface area contributed by atoms with Crippen LogP contribution in [0.4, 0.5) is 0 Å². The Balaban J connectivity index is 2.84. The van der Waals surface area contributed by atoms with E-state index >= 15 is 0 Å². The van der Waals surface area contributed by atoms with E-state index in [0.29, 0.717) is 6.42 Å². The molecule has 18 heavy (non-hydrogen) atoms. The highest BCUT2D eigenvalue weighted by molar-refractivity contribution is 7.89. The minimum Gasteiger partial charge on any atom is -0.395 e. The van der Waals surface area contributed by atoms with Gasteiger partial charge in [-0.25, -0.2) is 13.1 Å². The number of hydrogen-bond donors (Lipinski definition) is 2. The van der Waals surface area contributed by atoms with E-state index in [2.05, 4.69) is 11.6 Å². The molecule has 5 heteroatoms. The van der Waals surface area contributed by atoms with Crippen molar-refractivity contribution in [3.8, 4) is 0 Å². The average Bonchev–Trinajstić information content (AvgIpc) is 2.37. The molecule has 0 saturated carbocycles. The molecule has 1 aromatic carbocycles. The molecule has 0 amide bonds. The van der Waals surface area contributed by atoms with E-state index in [0.717, 1.165) is 18.4 Å². The lowest BCUT2D eigenvalue weighted by Gasteiger charge is -2.14. The normalized spacial score (nSPS) is 13.5. The first-order valence-corrected chi connectivity index (χ1v) is 7.74. The fourth-order valence-corrected chi connectivity index (χ4v) is 2.97. The largest absolute Gasteiger partial charge is 0.395 e. The quantitative estimate of drug-likeness (QED) is 0.793. The Hall–Kier alpha value is -0.910. The summed E-state index contributed by atoms with van der Waals surface area (Å²) in [5.74, 6) is 0. The number of nitrogens with one attached hydrogen (secondary N) is 1. The molecule has 0 radical (unpaired) electrons. The summed E-state index contributed by atoms with van der Waals surface area (Å²) in [4.78, 5) is 0.245. The van der Waals surface area contributed by atoms with Gasteiger partial charge in [0.25, 0.3) is 0 Å². The van der Waals surface area contributed by atoms with Crippen molar-refractivity contribution in [2.45, 2.75) is 44.0 Å². The Morgan fingerprint density at radius 1 is 1.22 bits per heavy atom. The van der Waals surface area contributed by atoms with Gasteiger partial charge < -0.3 is 5.11 Å². The number of rotatable bonds is 7. The first-order chi connectivity index (χ1) is 8.53. The minimum absolute atomic E-state index is 0.191. The van der Waals surface area contributed by atoms with Crippen LogP contribution in [0.1, 0.15) is 32.3 Å². The second-order valence-electron chi connectivity index (χ2n) is 4.30. The SMILES string of the molecule is CCCc1ccc(S(=O)(=O)N[C@@H](CC)CO)cc1. The van der Waals surface area contributed by atoms with Crippen molar-refractivity contribution in [1.29, 1.82) is 0 Å². The molecule has 0 aliphatic carbocycles. The zero-order valence-electron chi connectivity index (χ0n) is 10.9. The molecule has 0 unspecified atom stereocenters. The first-order valence-electron chi connectivity index (χ1n) is 6.25. The summed E-state index contributed by atoms with van der Waals surface area (Å²) in [6, 6.07) is 6.45. The van der Waals surface area contributed by atoms with Crippen LogP contribution < -0.4 is 4.72 Å². The van der Waals surface area contributed by atoms with Crippen LogP contribution in [-0.2, 0) is 16.4 Å². The molecular formula is C13H21NO3S. The van der Waals surface area contributed by atoms with Crippen LogP contribution in [0.15, 0.2) is 29.2 Å². The van der Waals surface area contributed by atoms with E-state index in [1.807, 2.05) is 19.1 Å². The highest BCUT2D eigenvalue weighted by Crippen LogP contribution is 2.12. The Labute approximate surface area is 109 Å². The van der Waals surface area contributed by atoms with Crippen molar-refractivity contribution in [1.82, 2.24) is 4.72 Å². The summed E-state index contributed by atoms with van der Waals surface area (Å²) in [5.41, 5.74) is 1.13. The maximum atomic E-state index is 12.0. The average molecular weight is 271 g/mol. The van der Waals surface area contributed by atoms with E-state index in [1.165, 1.54) is 0 Å². The number of sulfonamides is 1. The van der Waals surface area contributed by atoms with Crippen LogP contribution in [0.25, 0.3) is 0 Å². The third kappa shape index (κ3) is 4.08. The van der Waals surface area contributed by atoms with Gasteiger partial charge in [0.2, 0.25) is 10.0 Å². The Bertz CT molecular complexity index is 450. The lowest BCUT2D eigenvalue weighted by atomic mass is 10.1. The van der Waals surface area contributed by atoms with Crippen molar-refractivity contribution in [2.75, 3.05) is 6.61 Å². The zero-order chi connectivity index (χ0) is 13.6. The minimum atomic E-state index is -3.53. The number of hydrogen-bond acceptors (Lipinski definition) is 3. The molecular weight excluding hydrogens is 250 g/mol. The van der Waals surface area contributed by atoms with Gasteiger partial charge in [-0.1, -0.05) is 32.4 Å². The second kappa shape index (κ2) is 6.87. The summed E-state index contributed by atoms with van der Waals surface area (Å²) in [6.45, 7) is 3.72. The summed E-state index contributed by atoms with van der Waals surface area (Å²) >= 11 is 0. The molecule has 2 N–H and O–H groups in total. The van der Waals surface area contributed by atoms with Crippen LogP contribution in [0.2, 0.25) is 0 Å². The van der Waals surface area contributed by atoms with Crippen molar-refractivity contribution in [3.63, 3.8) is 0 Å². The van der Waals surface area contributed by atoms with E-state index in [1.54, 1.807) is 12.1 Å². The third-order valence-electron chi connectivity index (χ3n) is 2.81. The van der Waals surface area contributed by atoms with E-state index < -0.39 is 16.1 Å². The summed E-state index contributed by atoms with van der Waals surface area (Å²) in [6.07, 6.45) is 2.54. The molecule has 0 saturated heterocycles. The third-order valence-corrected chi connectivity index (χ3v) is 4.34. The first kappa shape index (κ1) is 15.1. The van der Waals surface area contributed by atoms with Crippen LogP contribution in [-0.4, -0.2) is 26.2 Å². The monoisotopic (exact) mass is 271 g/mol. The molecule has 0 aliphatic heterocycles. The molecule has 0 fully saturated rings. The lowest BCUT2D eigenvalue weighted by molar-refractivity contribution is 0.254. The van der Waals surface area contributed by atoms with Crippen LogP contribution in [0, 0.1) is 0 Å². The van der Waals surface area contributed by atoms with E-state index in [4.69, 9.17) is 5.11 Å². The fourth-order valence-electron chi connectivity index (χ4n) is 1.66. The highest BCUT2D eigenvalue weighted by atomic mass is 32.2. The van der Waals surface area contributed by atoms with Crippen LogP contribution in [0.3, 0.4) is 0 Å². The van der Waals surface area contributed by atoms with Gasteiger partial charge in [0.15, 0.2) is 0 Å². The van der Waals surface area contributed by atoms with Gasteiger partial charge in [0.1, 0.15) is 0 Å². The summed E-state index contributed by atoms with van der Waals surface area (Å²) < 4.78 is 26.5. The Morgan fingerprint density at radius 3 is 2.28 bits per heavy atom. The predicted molar refractivity (Wildman–Crippen MR) is 71.9 cm³/mol. The van der Waals surface area contributed by atoms with Crippen molar-refractivity contribution >= 4 is 10.0 Å². The van der Waals surface area contributed by atoms with Gasteiger partial charge >= 0.3 is 0 Å². The Kier molecular flexibility index (Phi) is 5.78. The molecule has 1 atom stereocenters. The standard InChI is InChI=1S/C13H21NO3S/c1-3-5-11-6-8-13(9-7-11)18(16,17)14-12(4-2)10-15/h6-9,12,14-15H,3-5,10H2,1-2H3/t12-/m0/s1.